The molecule has 3 aromatic rings. The fraction of sp³-hybridized carbons (Fsp3) is 0.412. The van der Waals surface area contributed by atoms with Gasteiger partial charge in [0.15, 0.2) is 16.8 Å². The van der Waals surface area contributed by atoms with E-state index in [-0.39, 0.29) is 0 Å². The second-order valence-electron chi connectivity index (χ2n) is 6.16. The van der Waals surface area contributed by atoms with Gasteiger partial charge in [-0.05, 0) is 55.7 Å². The molecule has 0 atom stereocenters. The van der Waals surface area contributed by atoms with Crippen molar-refractivity contribution in [3.8, 4) is 11.6 Å². The van der Waals surface area contributed by atoms with Crippen LogP contribution in [0, 0.1) is 0 Å². The summed E-state index contributed by atoms with van der Waals surface area (Å²) in [6, 6.07) is 5.56. The molecule has 2 N–H and O–H groups in total. The Morgan fingerprint density at radius 1 is 1.17 bits per heavy atom. The quantitative estimate of drug-likeness (QED) is 0.739. The van der Waals surface area contributed by atoms with E-state index in [4.69, 9.17) is 21.8 Å². The highest BCUT2D eigenvalue weighted by atomic mass is 35.5. The average molecular weight is 363 g/mol. The lowest BCUT2D eigenvalue weighted by molar-refractivity contribution is 0.279. The molecule has 3 aromatic heterocycles. The number of rotatable bonds is 3. The van der Waals surface area contributed by atoms with Crippen LogP contribution < -0.4 is 5.73 Å². The zero-order chi connectivity index (χ0) is 16.5. The Labute approximate surface area is 149 Å². The number of nitrogens with two attached hydrogens (primary N) is 1. The van der Waals surface area contributed by atoms with Gasteiger partial charge in [0.05, 0.1) is 5.39 Å². The van der Waals surface area contributed by atoms with Crippen LogP contribution in [0.5, 0.6) is 0 Å². The van der Waals surface area contributed by atoms with Gasteiger partial charge in [-0.1, -0.05) is 12.8 Å². The van der Waals surface area contributed by atoms with Gasteiger partial charge < -0.3 is 10.2 Å². The number of thiophene rings is 1. The summed E-state index contributed by atoms with van der Waals surface area (Å²) in [4.78, 5) is 13.7. The molecule has 0 saturated carbocycles. The van der Waals surface area contributed by atoms with Crippen LogP contribution in [0.15, 0.2) is 22.6 Å². The summed E-state index contributed by atoms with van der Waals surface area (Å²) in [5, 5.41) is 1.24. The van der Waals surface area contributed by atoms with Crippen LogP contribution in [-0.2, 0) is 6.54 Å². The lowest BCUT2D eigenvalue weighted by Gasteiger charge is -2.18. The molecule has 1 fully saturated rings. The number of hydrogen-bond donors (Lipinski definition) is 1. The molecular formula is C17H19ClN4OS. The topological polar surface area (TPSA) is 68.2 Å². The zero-order valence-electron chi connectivity index (χ0n) is 13.3. The van der Waals surface area contributed by atoms with Gasteiger partial charge in [0.1, 0.15) is 10.6 Å². The number of furan rings is 1. The molecule has 0 aliphatic carbocycles. The Bertz CT molecular complexity index is 852. The largest absolute Gasteiger partial charge is 0.441 e. The Hall–Kier alpha value is -1.63. The average Bonchev–Trinajstić information content (AvgIpc) is 3.07. The minimum Gasteiger partial charge on any atom is -0.441 e. The zero-order valence-corrected chi connectivity index (χ0v) is 14.9. The highest BCUT2D eigenvalue weighted by Gasteiger charge is 2.16. The number of aromatic nitrogens is 2. The molecule has 5 nitrogen and oxygen atoms in total. The highest BCUT2D eigenvalue weighted by molar-refractivity contribution is 7.18. The van der Waals surface area contributed by atoms with Crippen LogP contribution in [-0.4, -0.2) is 28.0 Å². The van der Waals surface area contributed by atoms with Crippen molar-refractivity contribution in [2.45, 2.75) is 32.2 Å². The van der Waals surface area contributed by atoms with Crippen LogP contribution in [0.2, 0.25) is 5.22 Å². The third-order valence-corrected chi connectivity index (χ3v) is 5.56. The molecule has 1 aliphatic heterocycles. The fourth-order valence-corrected chi connectivity index (χ4v) is 4.35. The maximum absolute atomic E-state index is 6.14. The second kappa shape index (κ2) is 6.70. The van der Waals surface area contributed by atoms with Gasteiger partial charge in [-0.2, -0.15) is 0 Å². The molecule has 1 aliphatic rings. The van der Waals surface area contributed by atoms with E-state index < -0.39 is 0 Å². The SMILES string of the molecule is Nc1nc(-c2ccc(Cl)o2)nc2sc(CN3CCCCCC3)cc12. The predicted molar refractivity (Wildman–Crippen MR) is 98.3 cm³/mol. The summed E-state index contributed by atoms with van der Waals surface area (Å²) >= 11 is 7.52. The van der Waals surface area contributed by atoms with Crippen molar-refractivity contribution in [2.24, 2.45) is 0 Å². The molecule has 4 rings (SSSR count). The number of halogens is 1. The third kappa shape index (κ3) is 3.27. The first-order valence-electron chi connectivity index (χ1n) is 8.23. The van der Waals surface area contributed by atoms with Gasteiger partial charge in [-0.15, -0.1) is 11.3 Å². The van der Waals surface area contributed by atoms with Crippen molar-refractivity contribution >= 4 is 39.0 Å². The Kier molecular flexibility index (Phi) is 4.43. The Balaban J connectivity index is 1.63. The minimum atomic E-state index is 0.320. The summed E-state index contributed by atoms with van der Waals surface area (Å²) in [7, 11) is 0. The normalized spacial score (nSPS) is 16.5. The second-order valence-corrected chi connectivity index (χ2v) is 7.65. The minimum absolute atomic E-state index is 0.320. The van der Waals surface area contributed by atoms with Crippen LogP contribution in [0.3, 0.4) is 0 Å². The number of likely N-dealkylation sites (tertiary alicyclic amines) is 1. The van der Waals surface area contributed by atoms with E-state index in [2.05, 4.69) is 20.9 Å². The van der Waals surface area contributed by atoms with E-state index in [1.165, 1.54) is 43.6 Å². The van der Waals surface area contributed by atoms with E-state index in [0.29, 0.717) is 22.6 Å². The predicted octanol–water partition coefficient (Wildman–Crippen LogP) is 4.56. The molecule has 7 heteroatoms. The van der Waals surface area contributed by atoms with Crippen molar-refractivity contribution < 1.29 is 4.42 Å². The number of hydrogen-bond acceptors (Lipinski definition) is 6. The van der Waals surface area contributed by atoms with Crippen molar-refractivity contribution in [3.63, 3.8) is 0 Å². The first-order valence-corrected chi connectivity index (χ1v) is 9.42. The molecule has 0 radical (unpaired) electrons. The van der Waals surface area contributed by atoms with Crippen LogP contribution in [0.4, 0.5) is 5.82 Å². The molecule has 0 spiro atoms. The van der Waals surface area contributed by atoms with E-state index in [1.807, 2.05) is 0 Å². The van der Waals surface area contributed by atoms with Gasteiger partial charge in [0.25, 0.3) is 0 Å². The van der Waals surface area contributed by atoms with Crippen molar-refractivity contribution in [1.82, 2.24) is 14.9 Å². The molecule has 24 heavy (non-hydrogen) atoms. The van der Waals surface area contributed by atoms with Gasteiger partial charge in [0.2, 0.25) is 0 Å². The monoisotopic (exact) mass is 362 g/mol. The molecular weight excluding hydrogens is 344 g/mol. The summed E-state index contributed by atoms with van der Waals surface area (Å²) < 4.78 is 5.40. The van der Waals surface area contributed by atoms with Crippen LogP contribution in [0.1, 0.15) is 30.6 Å². The number of nitrogen functional groups attached to an aromatic ring is 1. The van der Waals surface area contributed by atoms with Crippen molar-refractivity contribution in [2.75, 3.05) is 18.8 Å². The first kappa shape index (κ1) is 15.9. The molecule has 0 aromatic carbocycles. The van der Waals surface area contributed by atoms with Crippen molar-refractivity contribution in [1.29, 1.82) is 0 Å². The smallest absolute Gasteiger partial charge is 0.199 e. The summed E-state index contributed by atoms with van der Waals surface area (Å²) in [6.07, 6.45) is 5.26. The summed E-state index contributed by atoms with van der Waals surface area (Å²) in [6.45, 7) is 3.31. The fourth-order valence-electron chi connectivity index (χ4n) is 3.13. The first-order chi connectivity index (χ1) is 11.7. The van der Waals surface area contributed by atoms with Gasteiger partial charge in [-0.3, -0.25) is 4.90 Å². The summed E-state index contributed by atoms with van der Waals surface area (Å²) in [5.74, 6) is 1.51. The van der Waals surface area contributed by atoms with Gasteiger partial charge in [0, 0.05) is 11.4 Å². The maximum atomic E-state index is 6.14. The lowest BCUT2D eigenvalue weighted by atomic mass is 10.2. The van der Waals surface area contributed by atoms with Crippen LogP contribution in [0.25, 0.3) is 21.8 Å². The maximum Gasteiger partial charge on any atom is 0.199 e. The standard InChI is InChI=1S/C17H19ClN4OS/c18-14-6-5-13(23-14)16-20-15(19)12-9-11(24-17(12)21-16)10-22-7-3-1-2-4-8-22/h5-6,9H,1-4,7-8,10H2,(H2,19,20,21). The molecule has 1 saturated heterocycles. The van der Waals surface area contributed by atoms with E-state index in [1.54, 1.807) is 23.5 Å². The molecule has 126 valence electrons. The van der Waals surface area contributed by atoms with E-state index in [0.717, 1.165) is 16.8 Å². The van der Waals surface area contributed by atoms with Crippen molar-refractivity contribution in [3.05, 3.63) is 28.3 Å². The highest BCUT2D eigenvalue weighted by Crippen LogP contribution is 2.32. The Morgan fingerprint density at radius 3 is 2.67 bits per heavy atom. The van der Waals surface area contributed by atoms with E-state index in [9.17, 15) is 0 Å². The molecule has 0 bridgehead atoms. The van der Waals surface area contributed by atoms with Gasteiger partial charge >= 0.3 is 0 Å². The number of fused-ring (bicyclic) bond motifs is 1. The molecule has 4 heterocycles. The van der Waals surface area contributed by atoms with Crippen LogP contribution >= 0.6 is 22.9 Å². The van der Waals surface area contributed by atoms with Gasteiger partial charge in [-0.25, -0.2) is 9.97 Å². The number of anilines is 1. The lowest BCUT2D eigenvalue weighted by Crippen LogP contribution is -2.23. The third-order valence-electron chi connectivity index (χ3n) is 4.34. The molecule has 0 amide bonds. The number of nitrogens with zero attached hydrogens (tertiary/aromatic N) is 3. The Morgan fingerprint density at radius 2 is 1.96 bits per heavy atom. The van der Waals surface area contributed by atoms with E-state index >= 15 is 0 Å². The summed E-state index contributed by atoms with van der Waals surface area (Å²) in [5.41, 5.74) is 6.14. The molecule has 0 unspecified atom stereocenters.